The number of amides is 1. The van der Waals surface area contributed by atoms with Crippen LogP contribution in [0.2, 0.25) is 0 Å². The number of morpholine rings is 1. The predicted octanol–water partition coefficient (Wildman–Crippen LogP) is 1.32. The van der Waals surface area contributed by atoms with E-state index >= 15 is 0 Å². The smallest absolute Gasteiger partial charge is 0.226 e. The molecule has 1 aromatic carbocycles. The SMILES string of the molecule is COc1ccc(NC(=O)C[C@H]2COCCN2)c(C)c1. The van der Waals surface area contributed by atoms with Crippen molar-refractivity contribution in [2.24, 2.45) is 0 Å². The summed E-state index contributed by atoms with van der Waals surface area (Å²) in [6, 6.07) is 5.70. The molecular formula is C14H20N2O3. The van der Waals surface area contributed by atoms with Gasteiger partial charge in [-0.1, -0.05) is 0 Å². The quantitative estimate of drug-likeness (QED) is 0.861. The number of carbonyl (C=O) groups is 1. The van der Waals surface area contributed by atoms with Crippen molar-refractivity contribution >= 4 is 11.6 Å². The molecule has 0 saturated carbocycles. The molecule has 1 fully saturated rings. The van der Waals surface area contributed by atoms with Crippen LogP contribution in [0.15, 0.2) is 18.2 Å². The number of aryl methyl sites for hydroxylation is 1. The highest BCUT2D eigenvalue weighted by Crippen LogP contribution is 2.21. The van der Waals surface area contributed by atoms with E-state index in [4.69, 9.17) is 9.47 Å². The van der Waals surface area contributed by atoms with Gasteiger partial charge in [-0.15, -0.1) is 0 Å². The van der Waals surface area contributed by atoms with Crippen molar-refractivity contribution in [3.63, 3.8) is 0 Å². The molecule has 2 N–H and O–H groups in total. The Bertz CT molecular complexity index is 442. The number of ether oxygens (including phenoxy) is 2. The van der Waals surface area contributed by atoms with E-state index in [1.54, 1.807) is 7.11 Å². The molecule has 2 rings (SSSR count). The molecule has 0 bridgehead atoms. The molecule has 0 aromatic heterocycles. The van der Waals surface area contributed by atoms with E-state index in [1.807, 2.05) is 25.1 Å². The third-order valence-corrected chi connectivity index (χ3v) is 3.14. The fourth-order valence-electron chi connectivity index (χ4n) is 2.08. The van der Waals surface area contributed by atoms with Crippen LogP contribution in [0.4, 0.5) is 5.69 Å². The third kappa shape index (κ3) is 3.94. The van der Waals surface area contributed by atoms with Crippen molar-refractivity contribution in [3.8, 4) is 5.75 Å². The normalized spacial score (nSPS) is 18.9. The number of benzene rings is 1. The minimum atomic E-state index is -0.00346. The molecule has 1 aliphatic heterocycles. The summed E-state index contributed by atoms with van der Waals surface area (Å²) in [5.41, 5.74) is 1.81. The lowest BCUT2D eigenvalue weighted by atomic mass is 10.1. The maximum atomic E-state index is 11.9. The number of anilines is 1. The van der Waals surface area contributed by atoms with E-state index in [1.165, 1.54) is 0 Å². The van der Waals surface area contributed by atoms with Gasteiger partial charge < -0.3 is 20.1 Å². The molecule has 5 nitrogen and oxygen atoms in total. The lowest BCUT2D eigenvalue weighted by Crippen LogP contribution is -2.43. The van der Waals surface area contributed by atoms with Crippen LogP contribution in [-0.2, 0) is 9.53 Å². The maximum absolute atomic E-state index is 11.9. The zero-order chi connectivity index (χ0) is 13.7. The molecule has 1 saturated heterocycles. The first-order valence-electron chi connectivity index (χ1n) is 6.44. The Kier molecular flexibility index (Phi) is 4.76. The van der Waals surface area contributed by atoms with Crippen LogP contribution in [-0.4, -0.2) is 38.8 Å². The van der Waals surface area contributed by atoms with Crippen molar-refractivity contribution < 1.29 is 14.3 Å². The molecule has 19 heavy (non-hydrogen) atoms. The number of nitrogens with one attached hydrogen (secondary N) is 2. The van der Waals surface area contributed by atoms with Gasteiger partial charge in [0, 0.05) is 24.7 Å². The van der Waals surface area contributed by atoms with Crippen molar-refractivity contribution in [2.75, 3.05) is 32.2 Å². The van der Waals surface area contributed by atoms with E-state index in [0.29, 0.717) is 13.0 Å². The highest BCUT2D eigenvalue weighted by molar-refractivity contribution is 5.92. The van der Waals surface area contributed by atoms with E-state index in [0.717, 1.165) is 30.2 Å². The molecule has 1 aromatic rings. The standard InChI is InChI=1S/C14H20N2O3/c1-10-7-12(18-2)3-4-13(10)16-14(17)8-11-9-19-6-5-15-11/h3-4,7,11,15H,5-6,8-9H2,1-2H3,(H,16,17)/t11-/m0/s1. The Morgan fingerprint density at radius 3 is 3.05 bits per heavy atom. The largest absolute Gasteiger partial charge is 0.497 e. The van der Waals surface area contributed by atoms with Gasteiger partial charge in [0.2, 0.25) is 5.91 Å². The van der Waals surface area contributed by atoms with Gasteiger partial charge in [-0.05, 0) is 30.7 Å². The first-order valence-corrected chi connectivity index (χ1v) is 6.44. The van der Waals surface area contributed by atoms with E-state index in [9.17, 15) is 4.79 Å². The van der Waals surface area contributed by atoms with Crippen molar-refractivity contribution in [1.29, 1.82) is 0 Å². The fraction of sp³-hybridized carbons (Fsp3) is 0.500. The number of hydrogen-bond acceptors (Lipinski definition) is 4. The third-order valence-electron chi connectivity index (χ3n) is 3.14. The molecule has 104 valence electrons. The number of hydrogen-bond donors (Lipinski definition) is 2. The molecular weight excluding hydrogens is 244 g/mol. The Morgan fingerprint density at radius 2 is 2.42 bits per heavy atom. The number of rotatable bonds is 4. The molecule has 1 heterocycles. The lowest BCUT2D eigenvalue weighted by Gasteiger charge is -2.23. The molecule has 0 aliphatic carbocycles. The second kappa shape index (κ2) is 6.54. The lowest BCUT2D eigenvalue weighted by molar-refractivity contribution is -0.117. The average Bonchev–Trinajstić information content (AvgIpc) is 2.42. The molecule has 0 radical (unpaired) electrons. The summed E-state index contributed by atoms with van der Waals surface area (Å²) in [6.07, 6.45) is 0.422. The summed E-state index contributed by atoms with van der Waals surface area (Å²) in [6.45, 7) is 4.06. The molecule has 1 amide bonds. The van der Waals surface area contributed by atoms with Gasteiger partial charge in [0.1, 0.15) is 5.75 Å². The van der Waals surface area contributed by atoms with Gasteiger partial charge in [0.05, 0.1) is 20.3 Å². The fourth-order valence-corrected chi connectivity index (χ4v) is 2.08. The Labute approximate surface area is 113 Å². The van der Waals surface area contributed by atoms with Gasteiger partial charge in [-0.25, -0.2) is 0 Å². The highest BCUT2D eigenvalue weighted by atomic mass is 16.5. The topological polar surface area (TPSA) is 59.6 Å². The van der Waals surface area contributed by atoms with Crippen LogP contribution in [0.25, 0.3) is 0 Å². The van der Waals surface area contributed by atoms with Gasteiger partial charge >= 0.3 is 0 Å². The maximum Gasteiger partial charge on any atom is 0.226 e. The highest BCUT2D eigenvalue weighted by Gasteiger charge is 2.17. The summed E-state index contributed by atoms with van der Waals surface area (Å²) < 4.78 is 10.5. The predicted molar refractivity (Wildman–Crippen MR) is 73.6 cm³/mol. The molecule has 5 heteroatoms. The van der Waals surface area contributed by atoms with Crippen LogP contribution in [0.3, 0.4) is 0 Å². The molecule has 0 unspecified atom stereocenters. The van der Waals surface area contributed by atoms with Gasteiger partial charge in [-0.2, -0.15) is 0 Å². The zero-order valence-corrected chi connectivity index (χ0v) is 11.4. The first-order chi connectivity index (χ1) is 9.19. The number of carbonyl (C=O) groups excluding carboxylic acids is 1. The Balaban J connectivity index is 1.91. The second-order valence-electron chi connectivity index (χ2n) is 4.66. The van der Waals surface area contributed by atoms with E-state index in [2.05, 4.69) is 10.6 Å². The van der Waals surface area contributed by atoms with Gasteiger partial charge in [0.25, 0.3) is 0 Å². The van der Waals surface area contributed by atoms with Crippen LogP contribution in [0, 0.1) is 6.92 Å². The zero-order valence-electron chi connectivity index (χ0n) is 11.4. The van der Waals surface area contributed by atoms with Crippen LogP contribution in [0.5, 0.6) is 5.75 Å². The van der Waals surface area contributed by atoms with Crippen LogP contribution in [0.1, 0.15) is 12.0 Å². The average molecular weight is 264 g/mol. The van der Waals surface area contributed by atoms with E-state index < -0.39 is 0 Å². The minimum absolute atomic E-state index is 0.00346. The summed E-state index contributed by atoms with van der Waals surface area (Å²) in [5.74, 6) is 0.786. The summed E-state index contributed by atoms with van der Waals surface area (Å²) >= 11 is 0. The molecule has 0 spiro atoms. The minimum Gasteiger partial charge on any atom is -0.497 e. The van der Waals surface area contributed by atoms with Gasteiger partial charge in [-0.3, -0.25) is 4.79 Å². The van der Waals surface area contributed by atoms with Gasteiger partial charge in [0.15, 0.2) is 0 Å². The Morgan fingerprint density at radius 1 is 1.58 bits per heavy atom. The van der Waals surface area contributed by atoms with Crippen molar-refractivity contribution in [1.82, 2.24) is 5.32 Å². The summed E-state index contributed by atoms with van der Waals surface area (Å²) in [7, 11) is 1.63. The summed E-state index contributed by atoms with van der Waals surface area (Å²) in [4.78, 5) is 11.9. The number of methoxy groups -OCH3 is 1. The Hall–Kier alpha value is -1.59. The van der Waals surface area contributed by atoms with Crippen molar-refractivity contribution in [2.45, 2.75) is 19.4 Å². The van der Waals surface area contributed by atoms with Crippen molar-refractivity contribution in [3.05, 3.63) is 23.8 Å². The monoisotopic (exact) mass is 264 g/mol. The first kappa shape index (κ1) is 13.8. The van der Waals surface area contributed by atoms with Crippen LogP contribution < -0.4 is 15.4 Å². The second-order valence-corrected chi connectivity index (χ2v) is 4.66. The molecule has 1 atom stereocenters. The molecule has 1 aliphatic rings. The summed E-state index contributed by atoms with van der Waals surface area (Å²) in [5, 5.41) is 6.18. The van der Waals surface area contributed by atoms with Crippen LogP contribution >= 0.6 is 0 Å². The van der Waals surface area contributed by atoms with E-state index in [-0.39, 0.29) is 11.9 Å².